The van der Waals surface area contributed by atoms with Crippen LogP contribution in [0.3, 0.4) is 0 Å². The molecule has 0 aromatic heterocycles. The highest BCUT2D eigenvalue weighted by molar-refractivity contribution is 5.73. The van der Waals surface area contributed by atoms with E-state index in [2.05, 4.69) is 55.5 Å². The van der Waals surface area contributed by atoms with Gasteiger partial charge >= 0.3 is 5.97 Å². The van der Waals surface area contributed by atoms with Gasteiger partial charge in [0.25, 0.3) is 0 Å². The molecular formula is C26H36O3. The number of benzene rings is 1. The normalized spacial score (nSPS) is 29.0. The minimum atomic E-state index is -0.393. The number of ether oxygens (including phenoxy) is 2. The highest BCUT2D eigenvalue weighted by atomic mass is 16.6. The zero-order valence-corrected chi connectivity index (χ0v) is 18.1. The Morgan fingerprint density at radius 3 is 2.48 bits per heavy atom. The average molecular weight is 397 g/mol. The number of allylic oxidation sites excluding steroid dienone is 3. The molecule has 1 aromatic rings. The smallest absolute Gasteiger partial charge is 0.309 e. The molecule has 3 rings (SSSR count). The molecule has 2 heterocycles. The Bertz CT molecular complexity index is 708. The highest BCUT2D eigenvalue weighted by Gasteiger charge is 2.57. The number of fused-ring (bicyclic) bond motifs is 1. The molecule has 3 heteroatoms. The number of rotatable bonds is 11. The van der Waals surface area contributed by atoms with E-state index in [1.807, 2.05) is 13.0 Å². The molecule has 0 amide bonds. The standard InChI is InChI=1S/C26H36O3/c1-25(21-26(2)23(28-25)20-24(27)29-26)19-15-10-8-6-4-3-5-7-9-12-16-22-17-13-11-14-18-22/h7,9,11-14,16-18,23H,3-6,8,10,15,19-21H2,1-2H3/b9-7+,16-12+/t23-,25-,26-/m0/s1. The lowest BCUT2D eigenvalue weighted by atomic mass is 9.87. The second-order valence-electron chi connectivity index (χ2n) is 9.08. The van der Waals surface area contributed by atoms with Gasteiger partial charge in [-0.3, -0.25) is 4.79 Å². The Labute approximate surface area is 176 Å². The van der Waals surface area contributed by atoms with Crippen LogP contribution in [0, 0.1) is 0 Å². The first-order valence-electron chi connectivity index (χ1n) is 11.3. The van der Waals surface area contributed by atoms with Crippen LogP contribution in [-0.2, 0) is 14.3 Å². The quantitative estimate of drug-likeness (QED) is 0.239. The number of hydrogen-bond acceptors (Lipinski definition) is 3. The van der Waals surface area contributed by atoms with Crippen molar-refractivity contribution in [2.45, 2.75) is 95.4 Å². The van der Waals surface area contributed by atoms with Crippen molar-refractivity contribution in [2.24, 2.45) is 0 Å². The van der Waals surface area contributed by atoms with Crippen LogP contribution in [0.15, 0.2) is 48.6 Å². The third-order valence-corrected chi connectivity index (χ3v) is 6.19. The fourth-order valence-electron chi connectivity index (χ4n) is 4.70. The first kappa shape index (κ1) is 21.8. The summed E-state index contributed by atoms with van der Waals surface area (Å²) >= 11 is 0. The van der Waals surface area contributed by atoms with Gasteiger partial charge in [0.15, 0.2) is 0 Å². The van der Waals surface area contributed by atoms with Crippen molar-refractivity contribution in [3.05, 3.63) is 54.1 Å². The molecule has 1 aromatic carbocycles. The number of unbranched alkanes of at least 4 members (excludes halogenated alkanes) is 6. The van der Waals surface area contributed by atoms with E-state index in [1.54, 1.807) is 0 Å². The summed E-state index contributed by atoms with van der Waals surface area (Å²) < 4.78 is 11.7. The Morgan fingerprint density at radius 2 is 1.72 bits per heavy atom. The monoisotopic (exact) mass is 396 g/mol. The Hall–Kier alpha value is -1.87. The molecule has 0 spiro atoms. The van der Waals surface area contributed by atoms with Gasteiger partial charge in [0.1, 0.15) is 11.7 Å². The van der Waals surface area contributed by atoms with E-state index in [-0.39, 0.29) is 17.7 Å². The van der Waals surface area contributed by atoms with Crippen molar-refractivity contribution in [3.8, 4) is 0 Å². The first-order valence-corrected chi connectivity index (χ1v) is 11.3. The van der Waals surface area contributed by atoms with Gasteiger partial charge < -0.3 is 9.47 Å². The summed E-state index contributed by atoms with van der Waals surface area (Å²) in [4.78, 5) is 11.5. The second kappa shape index (κ2) is 10.2. The van der Waals surface area contributed by atoms with Crippen LogP contribution in [-0.4, -0.2) is 23.3 Å². The number of carbonyl (C=O) groups excluding carboxylic acids is 1. The third kappa shape index (κ3) is 6.57. The van der Waals surface area contributed by atoms with E-state index < -0.39 is 5.60 Å². The summed E-state index contributed by atoms with van der Waals surface area (Å²) in [6, 6.07) is 10.4. The third-order valence-electron chi connectivity index (χ3n) is 6.19. The minimum absolute atomic E-state index is 0.0457. The molecule has 158 valence electrons. The summed E-state index contributed by atoms with van der Waals surface area (Å²) in [5.41, 5.74) is 0.723. The highest BCUT2D eigenvalue weighted by Crippen LogP contribution is 2.47. The summed E-state index contributed by atoms with van der Waals surface area (Å²) in [5.74, 6) is -0.110. The molecule has 2 fully saturated rings. The van der Waals surface area contributed by atoms with Crippen LogP contribution in [0.5, 0.6) is 0 Å². The van der Waals surface area contributed by atoms with Crippen LogP contribution < -0.4 is 0 Å². The molecule has 2 aliphatic heterocycles. The topological polar surface area (TPSA) is 35.5 Å². The van der Waals surface area contributed by atoms with E-state index in [0.717, 1.165) is 19.3 Å². The van der Waals surface area contributed by atoms with Crippen molar-refractivity contribution in [1.29, 1.82) is 0 Å². The largest absolute Gasteiger partial charge is 0.456 e. The molecule has 0 bridgehead atoms. The predicted octanol–water partition coefficient (Wildman–Crippen LogP) is 6.63. The maximum Gasteiger partial charge on any atom is 0.309 e. The second-order valence-corrected chi connectivity index (χ2v) is 9.08. The number of hydrogen-bond donors (Lipinski definition) is 0. The lowest BCUT2D eigenvalue weighted by molar-refractivity contribution is -0.147. The molecular weight excluding hydrogens is 360 g/mol. The lowest BCUT2D eigenvalue weighted by Crippen LogP contribution is -2.31. The van der Waals surface area contributed by atoms with Crippen molar-refractivity contribution >= 4 is 12.0 Å². The Morgan fingerprint density at radius 1 is 1.00 bits per heavy atom. The zero-order valence-electron chi connectivity index (χ0n) is 18.1. The molecule has 29 heavy (non-hydrogen) atoms. The summed E-state index contributed by atoms with van der Waals surface area (Å²) in [7, 11) is 0. The molecule has 0 radical (unpaired) electrons. The SMILES string of the molecule is C[C@]1(CCCCCCCC/C=C/C=C/c2ccccc2)C[C@]2(C)OC(=O)C[C@@H]2O1. The molecule has 2 aliphatic rings. The summed E-state index contributed by atoms with van der Waals surface area (Å²) in [6.45, 7) is 4.21. The number of carbonyl (C=O) groups is 1. The van der Waals surface area contributed by atoms with Gasteiger partial charge in [0.2, 0.25) is 0 Å². The van der Waals surface area contributed by atoms with E-state index in [0.29, 0.717) is 6.42 Å². The molecule has 0 saturated carbocycles. The zero-order chi connectivity index (χ0) is 20.6. The molecule has 3 atom stereocenters. The number of esters is 1. The molecule has 2 saturated heterocycles. The first-order chi connectivity index (χ1) is 14.0. The fourth-order valence-corrected chi connectivity index (χ4v) is 4.70. The Balaban J connectivity index is 1.19. The van der Waals surface area contributed by atoms with Gasteiger partial charge in [0, 0.05) is 6.42 Å². The van der Waals surface area contributed by atoms with Crippen molar-refractivity contribution in [1.82, 2.24) is 0 Å². The molecule has 0 N–H and O–H groups in total. The van der Waals surface area contributed by atoms with Crippen molar-refractivity contribution in [2.75, 3.05) is 0 Å². The van der Waals surface area contributed by atoms with Crippen LogP contribution in [0.25, 0.3) is 6.08 Å². The van der Waals surface area contributed by atoms with Crippen LogP contribution >= 0.6 is 0 Å². The fraction of sp³-hybridized carbons (Fsp3) is 0.577. The van der Waals surface area contributed by atoms with Gasteiger partial charge in [-0.25, -0.2) is 0 Å². The summed E-state index contributed by atoms with van der Waals surface area (Å²) in [5, 5.41) is 0. The maximum atomic E-state index is 11.5. The van der Waals surface area contributed by atoms with E-state index >= 15 is 0 Å². The lowest BCUT2D eigenvalue weighted by Gasteiger charge is -2.25. The molecule has 0 aliphatic carbocycles. The van der Waals surface area contributed by atoms with Crippen LogP contribution in [0.1, 0.15) is 83.6 Å². The van der Waals surface area contributed by atoms with E-state index in [1.165, 1.54) is 44.1 Å². The Kier molecular flexibility index (Phi) is 7.71. The van der Waals surface area contributed by atoms with Gasteiger partial charge in [-0.2, -0.15) is 0 Å². The molecule has 3 nitrogen and oxygen atoms in total. The van der Waals surface area contributed by atoms with E-state index in [4.69, 9.17) is 9.47 Å². The van der Waals surface area contributed by atoms with Gasteiger partial charge in [-0.15, -0.1) is 0 Å². The van der Waals surface area contributed by atoms with Gasteiger partial charge in [0.05, 0.1) is 12.0 Å². The maximum absolute atomic E-state index is 11.5. The van der Waals surface area contributed by atoms with Crippen molar-refractivity contribution < 1.29 is 14.3 Å². The molecule has 0 unspecified atom stereocenters. The van der Waals surface area contributed by atoms with Gasteiger partial charge in [-0.05, 0) is 38.7 Å². The van der Waals surface area contributed by atoms with Crippen LogP contribution in [0.4, 0.5) is 0 Å². The summed E-state index contributed by atoms with van der Waals surface area (Å²) in [6.07, 6.45) is 19.7. The predicted molar refractivity (Wildman–Crippen MR) is 119 cm³/mol. The van der Waals surface area contributed by atoms with Gasteiger partial charge in [-0.1, -0.05) is 86.7 Å². The minimum Gasteiger partial charge on any atom is -0.456 e. The average Bonchev–Trinajstić information content (AvgIpc) is 3.08. The van der Waals surface area contributed by atoms with Crippen LogP contribution in [0.2, 0.25) is 0 Å². The van der Waals surface area contributed by atoms with E-state index in [9.17, 15) is 4.79 Å². The van der Waals surface area contributed by atoms with Crippen molar-refractivity contribution in [3.63, 3.8) is 0 Å².